The Kier molecular flexibility index (Phi) is 5.11. The number of ether oxygens (including phenoxy) is 1. The number of amides is 1. The second-order valence-electron chi connectivity index (χ2n) is 3.15. The van der Waals surface area contributed by atoms with Crippen molar-refractivity contribution in [2.75, 3.05) is 19.0 Å². The predicted octanol–water partition coefficient (Wildman–Crippen LogP) is 1.92. The van der Waals surface area contributed by atoms with Crippen LogP contribution in [-0.4, -0.2) is 30.0 Å². The molecule has 0 fully saturated rings. The third kappa shape index (κ3) is 3.13. The van der Waals surface area contributed by atoms with E-state index >= 15 is 0 Å². The van der Waals surface area contributed by atoms with Crippen LogP contribution in [0.4, 0.5) is 0 Å². The van der Waals surface area contributed by atoms with Crippen LogP contribution in [0.3, 0.4) is 0 Å². The first kappa shape index (κ1) is 12.8. The number of nitrogens with one attached hydrogen (secondary N) is 1. The Hall–Kier alpha value is -1.23. The topological polar surface area (TPSA) is 58.6 Å². The van der Waals surface area contributed by atoms with Gasteiger partial charge in [-0.05, 0) is 18.6 Å². The molecule has 4 nitrogen and oxygen atoms in total. The third-order valence-corrected chi connectivity index (χ3v) is 2.62. The van der Waals surface area contributed by atoms with E-state index in [1.54, 1.807) is 18.2 Å². The average Bonchev–Trinajstić information content (AvgIpc) is 2.29. The molecule has 0 unspecified atom stereocenters. The molecule has 1 aromatic carbocycles. The van der Waals surface area contributed by atoms with E-state index in [0.29, 0.717) is 12.3 Å². The summed E-state index contributed by atoms with van der Waals surface area (Å²) < 4.78 is 4.92. The van der Waals surface area contributed by atoms with E-state index in [1.165, 1.54) is 7.11 Å². The molecule has 0 atom stereocenters. The number of hydrogen-bond donors (Lipinski definition) is 2. The second-order valence-corrected chi connectivity index (χ2v) is 3.95. The lowest BCUT2D eigenvalue weighted by atomic mass is 10.1. The monoisotopic (exact) mass is 287 g/mol. The molecule has 0 aromatic heterocycles. The van der Waals surface area contributed by atoms with Gasteiger partial charge >= 0.3 is 0 Å². The minimum Gasteiger partial charge on any atom is -0.504 e. The lowest BCUT2D eigenvalue weighted by Crippen LogP contribution is -2.24. The molecule has 0 heterocycles. The quantitative estimate of drug-likeness (QED) is 0.643. The van der Waals surface area contributed by atoms with E-state index in [-0.39, 0.29) is 17.2 Å². The minimum atomic E-state index is -0.294. The molecule has 0 aliphatic rings. The molecule has 1 aromatic rings. The fourth-order valence-corrected chi connectivity index (χ4v) is 1.51. The first-order valence-corrected chi connectivity index (χ1v) is 6.03. The van der Waals surface area contributed by atoms with E-state index in [2.05, 4.69) is 21.2 Å². The third-order valence-electron chi connectivity index (χ3n) is 2.06. The van der Waals surface area contributed by atoms with Gasteiger partial charge in [-0.3, -0.25) is 4.79 Å². The Bertz CT molecular complexity index is 368. The number of rotatable bonds is 5. The predicted molar refractivity (Wildman–Crippen MR) is 65.4 cm³/mol. The highest BCUT2D eigenvalue weighted by Crippen LogP contribution is 2.28. The summed E-state index contributed by atoms with van der Waals surface area (Å²) in [5.74, 6) is -0.119. The molecule has 2 N–H and O–H groups in total. The lowest BCUT2D eigenvalue weighted by molar-refractivity contribution is 0.0950. The van der Waals surface area contributed by atoms with Gasteiger partial charge < -0.3 is 15.2 Å². The molecule has 0 aliphatic heterocycles. The Morgan fingerprint density at radius 2 is 2.31 bits per heavy atom. The van der Waals surface area contributed by atoms with Gasteiger partial charge in [0, 0.05) is 11.9 Å². The fourth-order valence-electron chi connectivity index (χ4n) is 1.23. The Labute approximate surface area is 103 Å². The Morgan fingerprint density at radius 3 is 2.94 bits per heavy atom. The lowest BCUT2D eigenvalue weighted by Gasteiger charge is -2.08. The van der Waals surface area contributed by atoms with E-state index in [0.717, 1.165) is 11.8 Å². The average molecular weight is 288 g/mol. The number of halogens is 1. The maximum Gasteiger partial charge on any atom is 0.255 e. The minimum absolute atomic E-state index is 0.124. The summed E-state index contributed by atoms with van der Waals surface area (Å²) in [6.07, 6.45) is 0.844. The van der Waals surface area contributed by atoms with Gasteiger partial charge in [0.25, 0.3) is 5.91 Å². The van der Waals surface area contributed by atoms with Crippen molar-refractivity contribution in [2.24, 2.45) is 0 Å². The van der Waals surface area contributed by atoms with Crippen LogP contribution in [0.2, 0.25) is 0 Å². The van der Waals surface area contributed by atoms with Crippen LogP contribution in [0, 0.1) is 0 Å². The summed E-state index contributed by atoms with van der Waals surface area (Å²) in [7, 11) is 1.45. The molecule has 88 valence electrons. The van der Waals surface area contributed by atoms with Crippen molar-refractivity contribution in [2.45, 2.75) is 6.42 Å². The van der Waals surface area contributed by atoms with E-state index in [9.17, 15) is 9.90 Å². The van der Waals surface area contributed by atoms with Crippen LogP contribution in [0.1, 0.15) is 16.8 Å². The molecule has 0 spiro atoms. The van der Waals surface area contributed by atoms with Crippen molar-refractivity contribution in [3.8, 4) is 11.5 Å². The number of methoxy groups -OCH3 is 1. The van der Waals surface area contributed by atoms with Crippen LogP contribution in [0.25, 0.3) is 0 Å². The highest BCUT2D eigenvalue weighted by Gasteiger charge is 2.13. The zero-order valence-corrected chi connectivity index (χ0v) is 10.6. The van der Waals surface area contributed by atoms with Gasteiger partial charge in [-0.1, -0.05) is 22.0 Å². The van der Waals surface area contributed by atoms with Crippen LogP contribution >= 0.6 is 15.9 Å². The SMILES string of the molecule is COc1cccc(C(=O)NCCCBr)c1O. The smallest absolute Gasteiger partial charge is 0.255 e. The van der Waals surface area contributed by atoms with Crippen molar-refractivity contribution in [3.05, 3.63) is 23.8 Å². The molecule has 0 radical (unpaired) electrons. The van der Waals surface area contributed by atoms with Crippen molar-refractivity contribution in [1.82, 2.24) is 5.32 Å². The standard InChI is InChI=1S/C11H14BrNO3/c1-16-9-5-2-4-8(10(9)14)11(15)13-7-3-6-12/h2,4-5,14H,3,6-7H2,1H3,(H,13,15). The van der Waals surface area contributed by atoms with Gasteiger partial charge in [0.2, 0.25) is 0 Å². The number of phenols is 1. The summed E-state index contributed by atoms with van der Waals surface area (Å²) in [4.78, 5) is 11.7. The van der Waals surface area contributed by atoms with Gasteiger partial charge in [0.05, 0.1) is 12.7 Å². The molecule has 16 heavy (non-hydrogen) atoms. The maximum atomic E-state index is 11.7. The molecule has 0 saturated carbocycles. The Balaban J connectivity index is 2.75. The van der Waals surface area contributed by atoms with E-state index in [1.807, 2.05) is 0 Å². The molecular weight excluding hydrogens is 274 g/mol. The van der Waals surface area contributed by atoms with Crippen LogP contribution < -0.4 is 10.1 Å². The van der Waals surface area contributed by atoms with Crippen LogP contribution in [-0.2, 0) is 0 Å². The number of phenolic OH excluding ortho intramolecular Hbond substituents is 1. The van der Waals surface area contributed by atoms with Gasteiger partial charge in [-0.15, -0.1) is 0 Å². The van der Waals surface area contributed by atoms with Crippen molar-refractivity contribution >= 4 is 21.8 Å². The maximum absolute atomic E-state index is 11.7. The van der Waals surface area contributed by atoms with Gasteiger partial charge in [-0.2, -0.15) is 0 Å². The largest absolute Gasteiger partial charge is 0.504 e. The van der Waals surface area contributed by atoms with Gasteiger partial charge in [0.15, 0.2) is 11.5 Å². The zero-order valence-electron chi connectivity index (χ0n) is 9.00. The molecule has 1 rings (SSSR count). The number of hydrogen-bond acceptors (Lipinski definition) is 3. The van der Waals surface area contributed by atoms with Crippen molar-refractivity contribution in [1.29, 1.82) is 0 Å². The molecule has 1 amide bonds. The van der Waals surface area contributed by atoms with Crippen LogP contribution in [0.15, 0.2) is 18.2 Å². The summed E-state index contributed by atoms with van der Waals surface area (Å²) in [6, 6.07) is 4.82. The number of carbonyl (C=O) groups is 1. The molecule has 5 heteroatoms. The van der Waals surface area contributed by atoms with Crippen molar-refractivity contribution in [3.63, 3.8) is 0 Å². The summed E-state index contributed by atoms with van der Waals surface area (Å²) in [5, 5.41) is 13.3. The number of carbonyl (C=O) groups excluding carboxylic acids is 1. The molecular formula is C11H14BrNO3. The number of para-hydroxylation sites is 1. The molecule has 0 bridgehead atoms. The normalized spacial score (nSPS) is 9.88. The number of benzene rings is 1. The van der Waals surface area contributed by atoms with Gasteiger partial charge in [-0.25, -0.2) is 0 Å². The zero-order chi connectivity index (χ0) is 12.0. The van der Waals surface area contributed by atoms with E-state index in [4.69, 9.17) is 4.74 Å². The summed E-state index contributed by atoms with van der Waals surface area (Å²) in [6.45, 7) is 0.570. The number of alkyl halides is 1. The van der Waals surface area contributed by atoms with Crippen LogP contribution in [0.5, 0.6) is 11.5 Å². The molecule has 0 aliphatic carbocycles. The number of aromatic hydroxyl groups is 1. The van der Waals surface area contributed by atoms with Gasteiger partial charge in [0.1, 0.15) is 0 Å². The highest BCUT2D eigenvalue weighted by atomic mass is 79.9. The molecule has 0 saturated heterocycles. The second kappa shape index (κ2) is 6.37. The first-order chi connectivity index (χ1) is 7.70. The fraction of sp³-hybridized carbons (Fsp3) is 0.364. The Morgan fingerprint density at radius 1 is 1.56 bits per heavy atom. The first-order valence-electron chi connectivity index (χ1n) is 4.90. The highest BCUT2D eigenvalue weighted by molar-refractivity contribution is 9.09. The summed E-state index contributed by atoms with van der Waals surface area (Å²) >= 11 is 3.27. The van der Waals surface area contributed by atoms with E-state index < -0.39 is 0 Å². The summed E-state index contributed by atoms with van der Waals surface area (Å²) in [5.41, 5.74) is 0.230. The van der Waals surface area contributed by atoms with Crippen molar-refractivity contribution < 1.29 is 14.6 Å².